The van der Waals surface area contributed by atoms with Crippen LogP contribution in [0.5, 0.6) is 0 Å². The summed E-state index contributed by atoms with van der Waals surface area (Å²) in [7, 11) is 0. The minimum Gasteiger partial charge on any atom is -0.370 e. The molecule has 0 aliphatic carbocycles. The van der Waals surface area contributed by atoms with Gasteiger partial charge in [-0.25, -0.2) is 4.99 Å². The molecule has 5 heteroatoms. The van der Waals surface area contributed by atoms with Crippen LogP contribution in [0.3, 0.4) is 0 Å². The van der Waals surface area contributed by atoms with Crippen LogP contribution < -0.4 is 11.1 Å². The Morgan fingerprint density at radius 3 is 2.83 bits per heavy atom. The van der Waals surface area contributed by atoms with Crippen LogP contribution >= 0.6 is 24.0 Å². The average molecular weight is 366 g/mol. The molecule has 0 aromatic heterocycles. The maximum Gasteiger partial charge on any atom is 0.188 e. The van der Waals surface area contributed by atoms with E-state index in [1.54, 1.807) is 0 Å². The summed E-state index contributed by atoms with van der Waals surface area (Å²) in [4.78, 5) is 6.71. The van der Waals surface area contributed by atoms with Crippen LogP contribution in [0.25, 0.3) is 0 Å². The second kappa shape index (κ2) is 9.61. The molecular weight excluding hydrogens is 339 g/mol. The van der Waals surface area contributed by atoms with E-state index >= 15 is 0 Å². The molecule has 0 amide bonds. The molecule has 0 aromatic rings. The Balaban J connectivity index is 0.00000289. The van der Waals surface area contributed by atoms with Gasteiger partial charge >= 0.3 is 0 Å². The zero-order valence-corrected chi connectivity index (χ0v) is 13.9. The van der Waals surface area contributed by atoms with Crippen LogP contribution in [-0.4, -0.2) is 43.1 Å². The summed E-state index contributed by atoms with van der Waals surface area (Å²) in [6.07, 6.45) is 4.01. The van der Waals surface area contributed by atoms with E-state index in [2.05, 4.69) is 28.7 Å². The summed E-state index contributed by atoms with van der Waals surface area (Å²) in [5.74, 6) is 0.526. The van der Waals surface area contributed by atoms with Gasteiger partial charge in [0, 0.05) is 19.1 Å². The van der Waals surface area contributed by atoms with Crippen molar-refractivity contribution in [1.29, 1.82) is 0 Å². The van der Waals surface area contributed by atoms with Gasteiger partial charge in [-0.05, 0) is 33.2 Å². The lowest BCUT2D eigenvalue weighted by Gasteiger charge is -2.33. The molecule has 1 aliphatic heterocycles. The molecule has 1 saturated heterocycles. The summed E-state index contributed by atoms with van der Waals surface area (Å²) in [6.45, 7) is 11.8. The molecule has 0 radical (unpaired) electrons. The van der Waals surface area contributed by atoms with Crippen molar-refractivity contribution in [2.24, 2.45) is 10.7 Å². The summed E-state index contributed by atoms with van der Waals surface area (Å²) in [5, 5.41) is 3.15. The number of rotatable bonds is 5. The molecule has 0 saturated carbocycles. The average Bonchev–Trinajstić information content (AvgIpc) is 2.29. The molecular formula is C13H27IN4. The predicted octanol–water partition coefficient (Wildman–Crippen LogP) is 1.96. The van der Waals surface area contributed by atoms with Crippen molar-refractivity contribution in [3.8, 4) is 0 Å². The van der Waals surface area contributed by atoms with Crippen LogP contribution in [0, 0.1) is 0 Å². The fourth-order valence-electron chi connectivity index (χ4n) is 2.09. The van der Waals surface area contributed by atoms with Crippen molar-refractivity contribution >= 4 is 29.9 Å². The third kappa shape index (κ3) is 7.20. The van der Waals surface area contributed by atoms with E-state index in [-0.39, 0.29) is 24.0 Å². The lowest BCUT2D eigenvalue weighted by molar-refractivity contribution is 0.164. The van der Waals surface area contributed by atoms with Crippen molar-refractivity contribution < 1.29 is 0 Å². The first-order valence-corrected chi connectivity index (χ1v) is 6.52. The van der Waals surface area contributed by atoms with E-state index in [4.69, 9.17) is 5.73 Å². The van der Waals surface area contributed by atoms with E-state index in [0.717, 1.165) is 18.7 Å². The van der Waals surface area contributed by atoms with Crippen molar-refractivity contribution in [3.63, 3.8) is 0 Å². The Morgan fingerprint density at radius 1 is 1.50 bits per heavy atom. The molecule has 0 spiro atoms. The van der Waals surface area contributed by atoms with E-state index < -0.39 is 0 Å². The van der Waals surface area contributed by atoms with Crippen molar-refractivity contribution in [2.45, 2.75) is 39.2 Å². The normalized spacial score (nSPS) is 21.2. The zero-order chi connectivity index (χ0) is 12.7. The minimum atomic E-state index is 0. The highest BCUT2D eigenvalue weighted by atomic mass is 127. The molecule has 1 heterocycles. The van der Waals surface area contributed by atoms with Crippen LogP contribution in [0.1, 0.15) is 33.1 Å². The Bertz CT molecular complexity index is 278. The number of hydrogen-bond acceptors (Lipinski definition) is 2. The standard InChI is InChI=1S/C13H26N4.HI/c1-11(2)10-16-13(14)15-7-9-17-8-5-4-6-12(17)3;/h12H,1,4-10H2,2-3H3,(H3,14,15,16);1H. The molecule has 4 nitrogen and oxygen atoms in total. The highest BCUT2D eigenvalue weighted by Crippen LogP contribution is 2.15. The van der Waals surface area contributed by atoms with Crippen molar-refractivity contribution in [3.05, 3.63) is 12.2 Å². The number of halogens is 1. The first kappa shape index (κ1) is 17.7. The van der Waals surface area contributed by atoms with Gasteiger partial charge in [-0.15, -0.1) is 24.0 Å². The maximum atomic E-state index is 5.75. The van der Waals surface area contributed by atoms with Gasteiger partial charge in [0.2, 0.25) is 0 Å². The Morgan fingerprint density at radius 2 is 2.22 bits per heavy atom. The second-order valence-electron chi connectivity index (χ2n) is 4.97. The van der Waals surface area contributed by atoms with E-state index in [9.17, 15) is 0 Å². The Hall–Kier alpha value is -0.300. The van der Waals surface area contributed by atoms with E-state index in [1.165, 1.54) is 25.8 Å². The van der Waals surface area contributed by atoms with E-state index in [1.807, 2.05) is 6.92 Å². The fraction of sp³-hybridized carbons (Fsp3) is 0.769. The number of likely N-dealkylation sites (tertiary alicyclic amines) is 1. The Kier molecular flexibility index (Phi) is 9.45. The highest BCUT2D eigenvalue weighted by molar-refractivity contribution is 14.0. The molecule has 1 rings (SSSR count). The molecule has 18 heavy (non-hydrogen) atoms. The van der Waals surface area contributed by atoms with Crippen molar-refractivity contribution in [1.82, 2.24) is 10.2 Å². The lowest BCUT2D eigenvalue weighted by Crippen LogP contribution is -2.43. The summed E-state index contributed by atoms with van der Waals surface area (Å²) in [6, 6.07) is 0.708. The molecule has 106 valence electrons. The number of nitrogens with two attached hydrogens (primary N) is 1. The van der Waals surface area contributed by atoms with Gasteiger partial charge < -0.3 is 11.1 Å². The number of aliphatic imine (C=N–C) groups is 1. The summed E-state index contributed by atoms with van der Waals surface area (Å²) in [5.41, 5.74) is 6.78. The largest absolute Gasteiger partial charge is 0.370 e. The van der Waals surface area contributed by atoms with Gasteiger partial charge in [0.1, 0.15) is 0 Å². The van der Waals surface area contributed by atoms with Gasteiger partial charge in [0.15, 0.2) is 5.96 Å². The van der Waals surface area contributed by atoms with Gasteiger partial charge in [-0.2, -0.15) is 0 Å². The monoisotopic (exact) mass is 366 g/mol. The first-order valence-electron chi connectivity index (χ1n) is 6.52. The second-order valence-corrected chi connectivity index (χ2v) is 4.97. The van der Waals surface area contributed by atoms with E-state index in [0.29, 0.717) is 18.5 Å². The van der Waals surface area contributed by atoms with Gasteiger partial charge in [-0.3, -0.25) is 4.90 Å². The first-order chi connectivity index (χ1) is 8.09. The molecule has 3 N–H and O–H groups in total. The quantitative estimate of drug-likeness (QED) is 0.339. The topological polar surface area (TPSA) is 53.6 Å². The highest BCUT2D eigenvalue weighted by Gasteiger charge is 2.16. The van der Waals surface area contributed by atoms with Crippen LogP contribution in [0.4, 0.5) is 0 Å². The molecule has 1 unspecified atom stereocenters. The fourth-order valence-corrected chi connectivity index (χ4v) is 2.09. The van der Waals surface area contributed by atoms with Crippen LogP contribution in [0.15, 0.2) is 17.1 Å². The number of piperidine rings is 1. The smallest absolute Gasteiger partial charge is 0.188 e. The molecule has 1 aliphatic rings. The number of hydrogen-bond donors (Lipinski definition) is 2. The molecule has 1 fully saturated rings. The third-order valence-electron chi connectivity index (χ3n) is 3.17. The van der Waals surface area contributed by atoms with Gasteiger partial charge in [0.25, 0.3) is 0 Å². The zero-order valence-electron chi connectivity index (χ0n) is 11.6. The third-order valence-corrected chi connectivity index (χ3v) is 3.17. The predicted molar refractivity (Wildman–Crippen MR) is 89.6 cm³/mol. The Labute approximate surface area is 128 Å². The summed E-state index contributed by atoms with van der Waals surface area (Å²) < 4.78 is 0. The lowest BCUT2D eigenvalue weighted by atomic mass is 10.0. The number of nitrogens with one attached hydrogen (secondary N) is 1. The summed E-state index contributed by atoms with van der Waals surface area (Å²) >= 11 is 0. The minimum absolute atomic E-state index is 0. The molecule has 0 aromatic carbocycles. The maximum absolute atomic E-state index is 5.75. The number of guanidine groups is 1. The van der Waals surface area contributed by atoms with Crippen LogP contribution in [0.2, 0.25) is 0 Å². The van der Waals surface area contributed by atoms with Gasteiger partial charge in [0.05, 0.1) is 6.54 Å². The van der Waals surface area contributed by atoms with Crippen molar-refractivity contribution in [2.75, 3.05) is 26.2 Å². The molecule has 0 bridgehead atoms. The van der Waals surface area contributed by atoms with Gasteiger partial charge in [-0.1, -0.05) is 18.6 Å². The number of nitrogens with zero attached hydrogens (tertiary/aromatic N) is 2. The van der Waals surface area contributed by atoms with Crippen LogP contribution in [-0.2, 0) is 0 Å². The SMILES string of the molecule is C=C(C)CN=C(N)NCCN1CCCCC1C.I. The molecule has 1 atom stereocenters.